The molecule has 1 heterocycles. The summed E-state index contributed by atoms with van der Waals surface area (Å²) in [5.41, 5.74) is 2.14. The average Bonchev–Trinajstić information content (AvgIpc) is 2.70. The molecular formula is C22H29N3O2. The molecule has 144 valence electrons. The van der Waals surface area contributed by atoms with Gasteiger partial charge in [-0.1, -0.05) is 30.3 Å². The number of nitrogens with one attached hydrogen (secondary N) is 1. The smallest absolute Gasteiger partial charge is 0.241 e. The third-order valence-corrected chi connectivity index (χ3v) is 5.02. The molecule has 1 N–H and O–H groups in total. The lowest BCUT2D eigenvalue weighted by atomic mass is 10.1. The summed E-state index contributed by atoms with van der Waals surface area (Å²) in [5.74, 6) is 0.855. The highest BCUT2D eigenvalue weighted by Gasteiger charge is 2.25. The van der Waals surface area contributed by atoms with Gasteiger partial charge in [0.15, 0.2) is 0 Å². The topological polar surface area (TPSA) is 44.8 Å². The van der Waals surface area contributed by atoms with Crippen LogP contribution in [-0.2, 0) is 11.3 Å². The molecule has 2 aromatic rings. The molecule has 0 aromatic heterocycles. The number of anilines is 1. The number of ether oxygens (including phenoxy) is 1. The monoisotopic (exact) mass is 367 g/mol. The standard InChI is InChI=1S/C22H29N3O2/c1-3-27-21-11-9-20(10-12-21)23-22(26)18(2)25-15-13-24(14-16-25)17-19-7-5-4-6-8-19/h4-12,18H,3,13-17H2,1-2H3,(H,23,26). The van der Waals surface area contributed by atoms with E-state index >= 15 is 0 Å². The molecule has 3 rings (SSSR count). The van der Waals surface area contributed by atoms with Crippen LogP contribution in [-0.4, -0.2) is 54.5 Å². The van der Waals surface area contributed by atoms with Gasteiger partial charge in [0, 0.05) is 38.4 Å². The van der Waals surface area contributed by atoms with Gasteiger partial charge in [-0.25, -0.2) is 0 Å². The van der Waals surface area contributed by atoms with Crippen LogP contribution in [0.3, 0.4) is 0 Å². The molecule has 2 aromatic carbocycles. The van der Waals surface area contributed by atoms with Crippen LogP contribution in [0.5, 0.6) is 5.75 Å². The Labute approximate surface area is 161 Å². The molecule has 0 radical (unpaired) electrons. The number of nitrogens with zero attached hydrogens (tertiary/aromatic N) is 2. The average molecular weight is 367 g/mol. The number of carbonyl (C=O) groups is 1. The first-order valence-electron chi connectivity index (χ1n) is 9.69. The zero-order valence-electron chi connectivity index (χ0n) is 16.2. The Bertz CT molecular complexity index is 710. The van der Waals surface area contributed by atoms with E-state index in [1.54, 1.807) is 0 Å². The van der Waals surface area contributed by atoms with E-state index in [4.69, 9.17) is 4.74 Å². The van der Waals surface area contributed by atoms with Crippen LogP contribution in [0.25, 0.3) is 0 Å². The van der Waals surface area contributed by atoms with Crippen LogP contribution < -0.4 is 10.1 Å². The SMILES string of the molecule is CCOc1ccc(NC(=O)C(C)N2CCN(Cc3ccccc3)CC2)cc1. The van der Waals surface area contributed by atoms with Gasteiger partial charge in [0.1, 0.15) is 5.75 Å². The van der Waals surface area contributed by atoms with Crippen molar-refractivity contribution in [1.82, 2.24) is 9.80 Å². The molecule has 1 fully saturated rings. The highest BCUT2D eigenvalue weighted by Crippen LogP contribution is 2.17. The van der Waals surface area contributed by atoms with Crippen LogP contribution in [0.15, 0.2) is 54.6 Å². The zero-order chi connectivity index (χ0) is 19.1. The van der Waals surface area contributed by atoms with E-state index in [-0.39, 0.29) is 11.9 Å². The Morgan fingerprint density at radius 3 is 2.33 bits per heavy atom. The predicted octanol–water partition coefficient (Wildman–Crippen LogP) is 3.23. The van der Waals surface area contributed by atoms with Crippen molar-refractivity contribution in [2.45, 2.75) is 26.4 Å². The Morgan fingerprint density at radius 1 is 1.04 bits per heavy atom. The Kier molecular flexibility index (Phi) is 6.85. The van der Waals surface area contributed by atoms with E-state index < -0.39 is 0 Å². The second-order valence-corrected chi connectivity index (χ2v) is 6.92. The fourth-order valence-electron chi connectivity index (χ4n) is 3.36. The van der Waals surface area contributed by atoms with Crippen LogP contribution >= 0.6 is 0 Å². The largest absolute Gasteiger partial charge is 0.494 e. The molecule has 1 saturated heterocycles. The summed E-state index contributed by atoms with van der Waals surface area (Å²) in [4.78, 5) is 17.3. The Morgan fingerprint density at radius 2 is 1.70 bits per heavy atom. The number of rotatable bonds is 7. The van der Waals surface area contributed by atoms with Crippen molar-refractivity contribution >= 4 is 11.6 Å². The maximum absolute atomic E-state index is 12.6. The van der Waals surface area contributed by atoms with Crippen molar-refractivity contribution in [1.29, 1.82) is 0 Å². The molecule has 0 saturated carbocycles. The number of carbonyl (C=O) groups excluding carboxylic acids is 1. The van der Waals surface area contributed by atoms with Crippen molar-refractivity contribution in [2.75, 3.05) is 38.1 Å². The molecule has 1 amide bonds. The fourth-order valence-corrected chi connectivity index (χ4v) is 3.36. The van der Waals surface area contributed by atoms with Gasteiger partial charge in [0.2, 0.25) is 5.91 Å². The van der Waals surface area contributed by atoms with Gasteiger partial charge in [-0.15, -0.1) is 0 Å². The maximum Gasteiger partial charge on any atom is 0.241 e. The summed E-state index contributed by atoms with van der Waals surface area (Å²) >= 11 is 0. The van der Waals surface area contributed by atoms with Crippen molar-refractivity contribution in [2.24, 2.45) is 0 Å². The van der Waals surface area contributed by atoms with Crippen LogP contribution in [0.1, 0.15) is 19.4 Å². The van der Waals surface area contributed by atoms with Crippen LogP contribution in [0.2, 0.25) is 0 Å². The van der Waals surface area contributed by atoms with Gasteiger partial charge >= 0.3 is 0 Å². The zero-order valence-corrected chi connectivity index (χ0v) is 16.2. The Hall–Kier alpha value is -2.37. The van der Waals surface area contributed by atoms with E-state index in [0.717, 1.165) is 44.2 Å². The van der Waals surface area contributed by atoms with Gasteiger partial charge < -0.3 is 10.1 Å². The molecule has 1 unspecified atom stereocenters. The maximum atomic E-state index is 12.6. The third kappa shape index (κ3) is 5.55. The number of hydrogen-bond donors (Lipinski definition) is 1. The van der Waals surface area contributed by atoms with Crippen LogP contribution in [0.4, 0.5) is 5.69 Å². The highest BCUT2D eigenvalue weighted by molar-refractivity contribution is 5.94. The molecule has 1 aliphatic rings. The lowest BCUT2D eigenvalue weighted by molar-refractivity contribution is -0.121. The molecule has 5 nitrogen and oxygen atoms in total. The van der Waals surface area contributed by atoms with Gasteiger partial charge in [-0.3, -0.25) is 14.6 Å². The minimum atomic E-state index is -0.143. The number of piperazine rings is 1. The van der Waals surface area contributed by atoms with E-state index in [1.807, 2.05) is 44.2 Å². The van der Waals surface area contributed by atoms with Crippen molar-refractivity contribution in [3.8, 4) is 5.75 Å². The second-order valence-electron chi connectivity index (χ2n) is 6.92. The predicted molar refractivity (Wildman–Crippen MR) is 109 cm³/mol. The minimum Gasteiger partial charge on any atom is -0.494 e. The quantitative estimate of drug-likeness (QED) is 0.816. The summed E-state index contributed by atoms with van der Waals surface area (Å²) < 4.78 is 5.44. The number of benzene rings is 2. The third-order valence-electron chi connectivity index (χ3n) is 5.02. The summed E-state index contributed by atoms with van der Waals surface area (Å²) in [6.07, 6.45) is 0. The molecule has 0 bridgehead atoms. The first-order valence-corrected chi connectivity index (χ1v) is 9.69. The highest BCUT2D eigenvalue weighted by atomic mass is 16.5. The summed E-state index contributed by atoms with van der Waals surface area (Å²) in [6, 6.07) is 17.9. The minimum absolute atomic E-state index is 0.0377. The molecule has 1 aliphatic heterocycles. The van der Waals surface area contributed by atoms with E-state index in [0.29, 0.717) is 6.61 Å². The van der Waals surface area contributed by atoms with E-state index in [9.17, 15) is 4.79 Å². The molecule has 0 spiro atoms. The number of hydrogen-bond acceptors (Lipinski definition) is 4. The lowest BCUT2D eigenvalue weighted by Gasteiger charge is -2.37. The van der Waals surface area contributed by atoms with E-state index in [1.165, 1.54) is 5.56 Å². The summed E-state index contributed by atoms with van der Waals surface area (Å²) in [5, 5.41) is 3.01. The normalized spacial score (nSPS) is 16.7. The molecule has 1 atom stereocenters. The van der Waals surface area contributed by atoms with Gasteiger partial charge in [-0.2, -0.15) is 0 Å². The van der Waals surface area contributed by atoms with E-state index in [2.05, 4.69) is 39.4 Å². The lowest BCUT2D eigenvalue weighted by Crippen LogP contribution is -2.52. The van der Waals surface area contributed by atoms with Gasteiger partial charge in [-0.05, 0) is 43.7 Å². The first-order chi connectivity index (χ1) is 13.2. The number of amides is 1. The molecular weight excluding hydrogens is 338 g/mol. The first kappa shape index (κ1) is 19.4. The van der Waals surface area contributed by atoms with Crippen molar-refractivity contribution in [3.63, 3.8) is 0 Å². The van der Waals surface area contributed by atoms with Crippen molar-refractivity contribution < 1.29 is 9.53 Å². The molecule has 5 heteroatoms. The Balaban J connectivity index is 1.46. The van der Waals surface area contributed by atoms with Gasteiger partial charge in [0.25, 0.3) is 0 Å². The van der Waals surface area contributed by atoms with Gasteiger partial charge in [0.05, 0.1) is 12.6 Å². The molecule has 27 heavy (non-hydrogen) atoms. The van der Waals surface area contributed by atoms with Crippen molar-refractivity contribution in [3.05, 3.63) is 60.2 Å². The summed E-state index contributed by atoms with van der Waals surface area (Å²) in [6.45, 7) is 9.33. The summed E-state index contributed by atoms with van der Waals surface area (Å²) in [7, 11) is 0. The molecule has 0 aliphatic carbocycles. The second kappa shape index (κ2) is 9.53. The van der Waals surface area contributed by atoms with Crippen LogP contribution in [0, 0.1) is 0 Å². The fraction of sp³-hybridized carbons (Fsp3) is 0.409.